The lowest BCUT2D eigenvalue weighted by atomic mass is 10.2. The molecule has 0 aliphatic carbocycles. The summed E-state index contributed by atoms with van der Waals surface area (Å²) in [5.41, 5.74) is 0.897. The van der Waals surface area contributed by atoms with Gasteiger partial charge in [-0.25, -0.2) is 9.37 Å². The van der Waals surface area contributed by atoms with E-state index in [0.29, 0.717) is 11.7 Å². The minimum atomic E-state index is -0.615. The van der Waals surface area contributed by atoms with Crippen molar-refractivity contribution < 1.29 is 13.6 Å². The zero-order valence-electron chi connectivity index (χ0n) is 12.1. The third-order valence-corrected chi connectivity index (χ3v) is 3.45. The third kappa shape index (κ3) is 3.24. The van der Waals surface area contributed by atoms with E-state index < -0.39 is 11.7 Å². The van der Waals surface area contributed by atoms with Crippen LogP contribution in [0.25, 0.3) is 11.5 Å². The van der Waals surface area contributed by atoms with Crippen LogP contribution < -0.4 is 5.32 Å². The lowest BCUT2D eigenvalue weighted by molar-refractivity contribution is 0.102. The maximum absolute atomic E-state index is 13.8. The molecule has 0 radical (unpaired) electrons. The molecule has 3 aromatic rings. The highest BCUT2D eigenvalue weighted by Gasteiger charge is 2.19. The standard InChI is InChI=1S/C17H12ClFN2O2/c1-10-15(21-17(23-10)11-5-3-2-4-6-11)16(22)20-14-8-7-12(18)9-13(14)19/h2-9H,1H3,(H,20,22). The van der Waals surface area contributed by atoms with Crippen LogP contribution in [-0.4, -0.2) is 10.9 Å². The van der Waals surface area contributed by atoms with Gasteiger partial charge in [-0.15, -0.1) is 0 Å². The molecule has 0 bridgehead atoms. The summed E-state index contributed by atoms with van der Waals surface area (Å²) in [7, 11) is 0. The minimum Gasteiger partial charge on any atom is -0.441 e. The average Bonchev–Trinajstić information content (AvgIpc) is 2.93. The van der Waals surface area contributed by atoms with Crippen molar-refractivity contribution in [1.29, 1.82) is 0 Å². The fourth-order valence-corrected chi connectivity index (χ4v) is 2.24. The van der Waals surface area contributed by atoms with Crippen molar-refractivity contribution in [2.75, 3.05) is 5.32 Å². The van der Waals surface area contributed by atoms with E-state index in [0.717, 1.165) is 11.6 Å². The summed E-state index contributed by atoms with van der Waals surface area (Å²) in [6.45, 7) is 1.63. The fourth-order valence-electron chi connectivity index (χ4n) is 2.08. The summed E-state index contributed by atoms with van der Waals surface area (Å²) in [4.78, 5) is 16.5. The number of nitrogens with one attached hydrogen (secondary N) is 1. The van der Waals surface area contributed by atoms with Gasteiger partial charge >= 0.3 is 0 Å². The van der Waals surface area contributed by atoms with E-state index in [2.05, 4.69) is 10.3 Å². The lowest BCUT2D eigenvalue weighted by Crippen LogP contribution is -2.14. The fraction of sp³-hybridized carbons (Fsp3) is 0.0588. The molecular formula is C17H12ClFN2O2. The van der Waals surface area contributed by atoms with Gasteiger partial charge in [-0.2, -0.15) is 0 Å². The Morgan fingerprint density at radius 3 is 2.65 bits per heavy atom. The predicted octanol–water partition coefficient (Wildman–Crippen LogP) is 4.69. The largest absolute Gasteiger partial charge is 0.441 e. The predicted molar refractivity (Wildman–Crippen MR) is 86.0 cm³/mol. The Morgan fingerprint density at radius 1 is 1.22 bits per heavy atom. The van der Waals surface area contributed by atoms with E-state index >= 15 is 0 Å². The molecule has 0 unspecified atom stereocenters. The van der Waals surface area contributed by atoms with Crippen molar-refractivity contribution in [3.05, 3.63) is 70.8 Å². The van der Waals surface area contributed by atoms with Gasteiger partial charge in [-0.1, -0.05) is 29.8 Å². The topological polar surface area (TPSA) is 55.1 Å². The van der Waals surface area contributed by atoms with Gasteiger partial charge in [0.25, 0.3) is 5.91 Å². The van der Waals surface area contributed by atoms with Crippen LogP contribution in [0.4, 0.5) is 10.1 Å². The van der Waals surface area contributed by atoms with Crippen LogP contribution in [0.15, 0.2) is 52.9 Å². The first-order valence-corrected chi connectivity index (χ1v) is 7.21. The summed E-state index contributed by atoms with van der Waals surface area (Å²) in [6.07, 6.45) is 0. The Labute approximate surface area is 136 Å². The molecule has 0 aliphatic rings. The number of carbonyl (C=O) groups is 1. The van der Waals surface area contributed by atoms with Crippen molar-refractivity contribution in [3.63, 3.8) is 0 Å². The molecule has 116 valence electrons. The molecule has 0 aliphatic heterocycles. The molecule has 1 heterocycles. The van der Waals surface area contributed by atoms with Crippen molar-refractivity contribution in [2.45, 2.75) is 6.92 Å². The number of aryl methyl sites for hydroxylation is 1. The van der Waals surface area contributed by atoms with Crippen LogP contribution in [0.2, 0.25) is 5.02 Å². The number of rotatable bonds is 3. The number of halogens is 2. The molecule has 0 spiro atoms. The van der Waals surface area contributed by atoms with E-state index in [-0.39, 0.29) is 16.4 Å². The SMILES string of the molecule is Cc1oc(-c2ccccc2)nc1C(=O)Nc1ccc(Cl)cc1F. The quantitative estimate of drug-likeness (QED) is 0.757. The minimum absolute atomic E-state index is 0.0306. The van der Waals surface area contributed by atoms with Gasteiger partial charge < -0.3 is 9.73 Å². The van der Waals surface area contributed by atoms with Gasteiger partial charge in [0, 0.05) is 10.6 Å². The van der Waals surface area contributed by atoms with E-state index in [1.165, 1.54) is 12.1 Å². The van der Waals surface area contributed by atoms with Gasteiger partial charge in [0.1, 0.15) is 11.6 Å². The number of hydrogen-bond acceptors (Lipinski definition) is 3. The van der Waals surface area contributed by atoms with Crippen LogP contribution >= 0.6 is 11.6 Å². The molecule has 0 fully saturated rings. The van der Waals surface area contributed by atoms with Gasteiger partial charge in [0.2, 0.25) is 5.89 Å². The number of aromatic nitrogens is 1. The second kappa shape index (κ2) is 6.22. The van der Waals surface area contributed by atoms with Crippen LogP contribution in [0.5, 0.6) is 0 Å². The zero-order chi connectivity index (χ0) is 16.4. The van der Waals surface area contributed by atoms with Crippen molar-refractivity contribution in [1.82, 2.24) is 4.98 Å². The second-order valence-electron chi connectivity index (χ2n) is 4.87. The maximum Gasteiger partial charge on any atom is 0.278 e. The number of oxazole rings is 1. The molecule has 4 nitrogen and oxygen atoms in total. The first kappa shape index (κ1) is 15.2. The molecule has 2 aromatic carbocycles. The molecular weight excluding hydrogens is 319 g/mol. The van der Waals surface area contributed by atoms with Crippen molar-refractivity contribution in [3.8, 4) is 11.5 Å². The van der Waals surface area contributed by atoms with Crippen molar-refractivity contribution >= 4 is 23.2 Å². The van der Waals surface area contributed by atoms with Gasteiger partial charge in [-0.05, 0) is 37.3 Å². The van der Waals surface area contributed by atoms with Crippen LogP contribution in [0.1, 0.15) is 16.2 Å². The Hall–Kier alpha value is -2.66. The summed E-state index contributed by atoms with van der Waals surface area (Å²) in [5.74, 6) is -0.467. The summed E-state index contributed by atoms with van der Waals surface area (Å²) < 4.78 is 19.3. The molecule has 23 heavy (non-hydrogen) atoms. The number of nitrogens with zero attached hydrogens (tertiary/aromatic N) is 1. The Morgan fingerprint density at radius 2 is 1.96 bits per heavy atom. The van der Waals surface area contributed by atoms with Crippen LogP contribution in [0.3, 0.4) is 0 Å². The highest BCUT2D eigenvalue weighted by molar-refractivity contribution is 6.30. The number of hydrogen-bond donors (Lipinski definition) is 1. The van der Waals surface area contributed by atoms with E-state index in [4.69, 9.17) is 16.0 Å². The third-order valence-electron chi connectivity index (χ3n) is 3.21. The highest BCUT2D eigenvalue weighted by atomic mass is 35.5. The zero-order valence-corrected chi connectivity index (χ0v) is 12.9. The van der Waals surface area contributed by atoms with E-state index in [1.807, 2.05) is 30.3 Å². The molecule has 6 heteroatoms. The molecule has 1 aromatic heterocycles. The molecule has 1 N–H and O–H groups in total. The Balaban J connectivity index is 1.87. The lowest BCUT2D eigenvalue weighted by Gasteiger charge is -2.05. The maximum atomic E-state index is 13.8. The first-order valence-electron chi connectivity index (χ1n) is 6.84. The summed E-state index contributed by atoms with van der Waals surface area (Å²) in [6, 6.07) is 13.2. The van der Waals surface area contributed by atoms with Gasteiger partial charge in [0.05, 0.1) is 5.69 Å². The summed E-state index contributed by atoms with van der Waals surface area (Å²) in [5, 5.41) is 2.72. The molecule has 1 amide bonds. The van der Waals surface area contributed by atoms with E-state index in [1.54, 1.807) is 6.92 Å². The summed E-state index contributed by atoms with van der Waals surface area (Å²) >= 11 is 5.69. The van der Waals surface area contributed by atoms with Crippen LogP contribution in [0, 0.1) is 12.7 Å². The molecule has 0 atom stereocenters. The second-order valence-corrected chi connectivity index (χ2v) is 5.30. The number of amides is 1. The molecule has 0 saturated carbocycles. The highest BCUT2D eigenvalue weighted by Crippen LogP contribution is 2.23. The Bertz CT molecular complexity index is 862. The molecule has 0 saturated heterocycles. The van der Waals surface area contributed by atoms with Crippen LogP contribution in [-0.2, 0) is 0 Å². The normalized spacial score (nSPS) is 10.6. The van der Waals surface area contributed by atoms with Gasteiger partial charge in [-0.3, -0.25) is 4.79 Å². The number of benzene rings is 2. The van der Waals surface area contributed by atoms with Gasteiger partial charge in [0.15, 0.2) is 5.69 Å². The Kier molecular flexibility index (Phi) is 4.12. The molecule has 3 rings (SSSR count). The average molecular weight is 331 g/mol. The smallest absolute Gasteiger partial charge is 0.278 e. The number of anilines is 1. The van der Waals surface area contributed by atoms with E-state index in [9.17, 15) is 9.18 Å². The monoisotopic (exact) mass is 330 g/mol. The number of carbonyl (C=O) groups excluding carboxylic acids is 1. The first-order chi connectivity index (χ1) is 11.0. The van der Waals surface area contributed by atoms with Crippen molar-refractivity contribution in [2.24, 2.45) is 0 Å².